The molecule has 11 heteroatoms. The SMILES string of the molecule is CO/N=C1\CC(C(=O)NCC(O)c2ccc([N+](=O)[O-])cc2)N(C(=O)c2ccc(-c3ccncc3)cc2)C1. The highest BCUT2D eigenvalue weighted by molar-refractivity contribution is 6.05. The van der Waals surface area contributed by atoms with E-state index in [-0.39, 0.29) is 31.1 Å². The van der Waals surface area contributed by atoms with Crippen LogP contribution >= 0.6 is 0 Å². The first-order valence-corrected chi connectivity index (χ1v) is 11.5. The summed E-state index contributed by atoms with van der Waals surface area (Å²) in [6, 6.07) is 15.4. The molecular weight excluding hydrogens is 478 g/mol. The summed E-state index contributed by atoms with van der Waals surface area (Å²) < 4.78 is 0. The van der Waals surface area contributed by atoms with Crippen molar-refractivity contribution in [3.63, 3.8) is 0 Å². The fraction of sp³-hybridized carbons (Fsp3) is 0.231. The molecule has 2 heterocycles. The number of aliphatic hydroxyl groups is 1. The number of hydrogen-bond donors (Lipinski definition) is 2. The van der Waals surface area contributed by atoms with Crippen LogP contribution in [0.5, 0.6) is 0 Å². The van der Waals surface area contributed by atoms with Crippen LogP contribution in [0.2, 0.25) is 0 Å². The maximum Gasteiger partial charge on any atom is 0.269 e. The highest BCUT2D eigenvalue weighted by atomic mass is 16.6. The second kappa shape index (κ2) is 11.4. The fourth-order valence-electron chi connectivity index (χ4n) is 4.11. The Balaban J connectivity index is 1.45. The van der Waals surface area contributed by atoms with E-state index >= 15 is 0 Å². The summed E-state index contributed by atoms with van der Waals surface area (Å²) in [4.78, 5) is 47.0. The lowest BCUT2D eigenvalue weighted by atomic mass is 10.0. The predicted molar refractivity (Wildman–Crippen MR) is 135 cm³/mol. The second-order valence-corrected chi connectivity index (χ2v) is 8.42. The molecule has 1 fully saturated rings. The van der Waals surface area contributed by atoms with Gasteiger partial charge in [-0.1, -0.05) is 17.3 Å². The van der Waals surface area contributed by atoms with Crippen molar-refractivity contribution in [1.82, 2.24) is 15.2 Å². The van der Waals surface area contributed by atoms with Gasteiger partial charge in [0.1, 0.15) is 13.2 Å². The van der Waals surface area contributed by atoms with E-state index in [4.69, 9.17) is 4.84 Å². The molecule has 0 radical (unpaired) electrons. The summed E-state index contributed by atoms with van der Waals surface area (Å²) in [7, 11) is 1.39. The zero-order valence-electron chi connectivity index (χ0n) is 20.0. The Bertz CT molecular complexity index is 1300. The van der Waals surface area contributed by atoms with E-state index in [1.807, 2.05) is 24.3 Å². The standard InChI is InChI=1S/C26H25N5O6/c1-37-29-21-14-23(25(33)28-15-24(32)19-6-8-22(9-7-19)31(35)36)30(16-21)26(34)20-4-2-17(3-5-20)18-10-12-27-13-11-18/h2-13,23-24,32H,14-16H2,1H3,(H,28,33)/b29-21+. The number of non-ortho nitro benzene ring substituents is 1. The first-order chi connectivity index (χ1) is 17.9. The van der Waals surface area contributed by atoms with Gasteiger partial charge < -0.3 is 20.2 Å². The average molecular weight is 504 g/mol. The molecule has 0 spiro atoms. The van der Waals surface area contributed by atoms with Crippen LogP contribution in [0.1, 0.15) is 28.4 Å². The third-order valence-corrected chi connectivity index (χ3v) is 6.05. The topological polar surface area (TPSA) is 147 Å². The van der Waals surface area contributed by atoms with Crippen LogP contribution in [-0.2, 0) is 9.63 Å². The molecule has 1 aromatic heterocycles. The molecule has 11 nitrogen and oxygen atoms in total. The minimum absolute atomic E-state index is 0.0983. The first-order valence-electron chi connectivity index (χ1n) is 11.5. The summed E-state index contributed by atoms with van der Waals surface area (Å²) in [6.07, 6.45) is 2.49. The minimum Gasteiger partial charge on any atom is -0.399 e. The van der Waals surface area contributed by atoms with Gasteiger partial charge in [0.2, 0.25) is 5.91 Å². The van der Waals surface area contributed by atoms with E-state index in [1.54, 1.807) is 24.5 Å². The fourth-order valence-corrected chi connectivity index (χ4v) is 4.11. The molecule has 2 unspecified atom stereocenters. The van der Waals surface area contributed by atoms with Crippen molar-refractivity contribution in [2.45, 2.75) is 18.6 Å². The molecule has 1 aliphatic rings. The summed E-state index contributed by atoms with van der Waals surface area (Å²) in [6.45, 7) is -0.00562. The number of nitrogens with one attached hydrogen (secondary N) is 1. The Morgan fingerprint density at radius 3 is 2.41 bits per heavy atom. The Hall–Kier alpha value is -4.64. The molecule has 0 saturated carbocycles. The zero-order valence-corrected chi connectivity index (χ0v) is 20.0. The highest BCUT2D eigenvalue weighted by Crippen LogP contribution is 2.23. The van der Waals surface area contributed by atoms with E-state index in [2.05, 4.69) is 15.5 Å². The molecule has 4 rings (SSSR count). The van der Waals surface area contributed by atoms with Crippen molar-refractivity contribution in [2.75, 3.05) is 20.2 Å². The predicted octanol–water partition coefficient (Wildman–Crippen LogP) is 2.72. The third-order valence-electron chi connectivity index (χ3n) is 6.05. The number of oxime groups is 1. The number of nitro groups is 1. The van der Waals surface area contributed by atoms with Gasteiger partial charge in [0.15, 0.2) is 0 Å². The third kappa shape index (κ3) is 5.96. The van der Waals surface area contributed by atoms with Gasteiger partial charge in [-0.2, -0.15) is 0 Å². The Morgan fingerprint density at radius 1 is 1.14 bits per heavy atom. The number of pyridine rings is 1. The molecule has 2 N–H and O–H groups in total. The molecule has 0 bridgehead atoms. The lowest BCUT2D eigenvalue weighted by Crippen LogP contribution is -2.46. The molecule has 1 aliphatic heterocycles. The zero-order chi connectivity index (χ0) is 26.4. The van der Waals surface area contributed by atoms with Gasteiger partial charge in [-0.25, -0.2) is 0 Å². The molecule has 3 aromatic rings. The van der Waals surface area contributed by atoms with Crippen molar-refractivity contribution in [3.8, 4) is 11.1 Å². The average Bonchev–Trinajstić information content (AvgIpc) is 3.36. The van der Waals surface area contributed by atoms with Gasteiger partial charge >= 0.3 is 0 Å². The normalized spacial score (nSPS) is 16.9. The van der Waals surface area contributed by atoms with Crippen molar-refractivity contribution in [2.24, 2.45) is 5.16 Å². The Labute approximate surface area is 212 Å². The van der Waals surface area contributed by atoms with Crippen molar-refractivity contribution in [3.05, 3.63) is 94.3 Å². The first kappa shape index (κ1) is 25.5. The van der Waals surface area contributed by atoms with E-state index in [0.717, 1.165) is 11.1 Å². The van der Waals surface area contributed by atoms with Crippen LogP contribution in [-0.4, -0.2) is 63.7 Å². The maximum atomic E-state index is 13.3. The van der Waals surface area contributed by atoms with E-state index < -0.39 is 23.0 Å². The molecule has 2 atom stereocenters. The van der Waals surface area contributed by atoms with Gasteiger partial charge in [-0.3, -0.25) is 24.7 Å². The summed E-state index contributed by atoms with van der Waals surface area (Å²) in [5.74, 6) is -0.789. The number of carbonyl (C=O) groups is 2. The number of aliphatic hydroxyl groups excluding tert-OH is 1. The summed E-state index contributed by atoms with van der Waals surface area (Å²) in [5, 5.41) is 27.9. The molecule has 37 heavy (non-hydrogen) atoms. The number of hydrogen-bond acceptors (Lipinski definition) is 8. The number of nitro benzene ring substituents is 1. The minimum atomic E-state index is -1.08. The Morgan fingerprint density at radius 2 is 1.78 bits per heavy atom. The van der Waals surface area contributed by atoms with Crippen LogP contribution in [0.15, 0.2) is 78.2 Å². The maximum absolute atomic E-state index is 13.3. The van der Waals surface area contributed by atoms with Crippen molar-refractivity contribution < 1.29 is 24.5 Å². The number of amides is 2. The quantitative estimate of drug-likeness (QED) is 0.355. The number of carbonyl (C=O) groups excluding carboxylic acids is 2. The molecular formula is C26H25N5O6. The van der Waals surface area contributed by atoms with Gasteiger partial charge in [0.25, 0.3) is 11.6 Å². The largest absolute Gasteiger partial charge is 0.399 e. The number of benzene rings is 2. The lowest BCUT2D eigenvalue weighted by molar-refractivity contribution is -0.384. The van der Waals surface area contributed by atoms with Crippen LogP contribution in [0, 0.1) is 10.1 Å². The molecule has 0 aliphatic carbocycles. The number of likely N-dealkylation sites (tertiary alicyclic amines) is 1. The molecule has 190 valence electrons. The number of rotatable bonds is 8. The van der Waals surface area contributed by atoms with Gasteiger partial charge in [-0.05, 0) is 53.1 Å². The van der Waals surface area contributed by atoms with Crippen molar-refractivity contribution in [1.29, 1.82) is 0 Å². The molecule has 2 amide bonds. The highest BCUT2D eigenvalue weighted by Gasteiger charge is 2.38. The smallest absolute Gasteiger partial charge is 0.269 e. The molecule has 2 aromatic carbocycles. The van der Waals surface area contributed by atoms with E-state index in [0.29, 0.717) is 16.8 Å². The van der Waals surface area contributed by atoms with E-state index in [1.165, 1.54) is 36.3 Å². The van der Waals surface area contributed by atoms with Crippen LogP contribution < -0.4 is 5.32 Å². The molecule has 1 saturated heterocycles. The van der Waals surface area contributed by atoms with Crippen LogP contribution in [0.4, 0.5) is 5.69 Å². The summed E-state index contributed by atoms with van der Waals surface area (Å²) >= 11 is 0. The van der Waals surface area contributed by atoms with E-state index in [9.17, 15) is 24.8 Å². The second-order valence-electron chi connectivity index (χ2n) is 8.42. The van der Waals surface area contributed by atoms with Crippen LogP contribution in [0.3, 0.4) is 0 Å². The van der Waals surface area contributed by atoms with Gasteiger partial charge in [0, 0.05) is 43.1 Å². The monoisotopic (exact) mass is 503 g/mol. The van der Waals surface area contributed by atoms with Gasteiger partial charge in [0.05, 0.1) is 23.3 Å². The number of nitrogens with zero attached hydrogens (tertiary/aromatic N) is 4. The van der Waals surface area contributed by atoms with Crippen LogP contribution in [0.25, 0.3) is 11.1 Å². The van der Waals surface area contributed by atoms with Crippen molar-refractivity contribution >= 4 is 23.2 Å². The summed E-state index contributed by atoms with van der Waals surface area (Å²) in [5.41, 5.74) is 3.17. The Kier molecular flexibility index (Phi) is 7.84. The lowest BCUT2D eigenvalue weighted by Gasteiger charge is -2.24. The van der Waals surface area contributed by atoms with Gasteiger partial charge in [-0.15, -0.1) is 0 Å². The number of aromatic nitrogens is 1.